The highest BCUT2D eigenvalue weighted by molar-refractivity contribution is 7.86. The second-order valence-corrected chi connectivity index (χ2v) is 7.98. The van der Waals surface area contributed by atoms with Crippen LogP contribution in [0.3, 0.4) is 0 Å². The Morgan fingerprint density at radius 1 is 1.27 bits per heavy atom. The van der Waals surface area contributed by atoms with Crippen LogP contribution in [0.25, 0.3) is 0 Å². The molecule has 22 heavy (non-hydrogen) atoms. The maximum absolute atomic E-state index is 12.3. The Balaban J connectivity index is 2.03. The molecular formula is C15H23N3O3S. The van der Waals surface area contributed by atoms with Crippen molar-refractivity contribution in [2.45, 2.75) is 19.8 Å². The fraction of sp³-hybridized carbons (Fsp3) is 0.533. The molecule has 0 saturated carbocycles. The van der Waals surface area contributed by atoms with Crippen molar-refractivity contribution < 1.29 is 13.2 Å². The Morgan fingerprint density at radius 3 is 2.50 bits per heavy atom. The summed E-state index contributed by atoms with van der Waals surface area (Å²) in [6.07, 6.45) is 1.40. The number of hydrogen-bond acceptors (Lipinski definition) is 3. The SMILES string of the molecule is Cc1ccc(NC(=O)[C@H]2CCCN(S(=O)(=O)N(C)C)C2)cc1. The predicted molar refractivity (Wildman–Crippen MR) is 86.7 cm³/mol. The molecule has 1 aliphatic heterocycles. The van der Waals surface area contributed by atoms with E-state index in [0.717, 1.165) is 11.3 Å². The Labute approximate surface area is 132 Å². The maximum Gasteiger partial charge on any atom is 0.281 e. The van der Waals surface area contributed by atoms with Gasteiger partial charge in [-0.3, -0.25) is 4.79 Å². The molecule has 1 aromatic rings. The van der Waals surface area contributed by atoms with Crippen LogP contribution >= 0.6 is 0 Å². The predicted octanol–water partition coefficient (Wildman–Crippen LogP) is 1.45. The number of anilines is 1. The van der Waals surface area contributed by atoms with Gasteiger partial charge in [0.15, 0.2) is 0 Å². The highest BCUT2D eigenvalue weighted by Crippen LogP contribution is 2.22. The zero-order valence-electron chi connectivity index (χ0n) is 13.2. The number of benzene rings is 1. The lowest BCUT2D eigenvalue weighted by Gasteiger charge is -2.32. The van der Waals surface area contributed by atoms with Crippen LogP contribution in [-0.4, -0.2) is 50.1 Å². The van der Waals surface area contributed by atoms with Gasteiger partial charge in [-0.2, -0.15) is 17.0 Å². The van der Waals surface area contributed by atoms with Crippen LogP contribution in [0.5, 0.6) is 0 Å². The molecule has 1 saturated heterocycles. The van der Waals surface area contributed by atoms with Crippen LogP contribution in [0.1, 0.15) is 18.4 Å². The minimum atomic E-state index is -3.46. The van der Waals surface area contributed by atoms with Crippen LogP contribution in [0.2, 0.25) is 0 Å². The second kappa shape index (κ2) is 6.76. The summed E-state index contributed by atoms with van der Waals surface area (Å²) in [6, 6.07) is 7.56. The molecule has 2 rings (SSSR count). The molecule has 6 nitrogen and oxygen atoms in total. The van der Waals surface area contributed by atoms with E-state index in [0.29, 0.717) is 19.4 Å². The van der Waals surface area contributed by atoms with Crippen LogP contribution in [0, 0.1) is 12.8 Å². The van der Waals surface area contributed by atoms with E-state index in [9.17, 15) is 13.2 Å². The summed E-state index contributed by atoms with van der Waals surface area (Å²) >= 11 is 0. The van der Waals surface area contributed by atoms with E-state index in [1.54, 1.807) is 0 Å². The lowest BCUT2D eigenvalue weighted by molar-refractivity contribution is -0.120. The van der Waals surface area contributed by atoms with E-state index in [2.05, 4.69) is 5.32 Å². The summed E-state index contributed by atoms with van der Waals surface area (Å²) < 4.78 is 26.9. The van der Waals surface area contributed by atoms with E-state index in [-0.39, 0.29) is 18.4 Å². The molecule has 0 bridgehead atoms. The first-order valence-corrected chi connectivity index (χ1v) is 8.75. The van der Waals surface area contributed by atoms with E-state index >= 15 is 0 Å². The standard InChI is InChI=1S/C15H23N3O3S/c1-12-6-8-14(9-7-12)16-15(19)13-5-4-10-18(11-13)22(20,21)17(2)3/h6-9,13H,4-5,10-11H2,1-3H3,(H,16,19)/t13-/m0/s1. The number of rotatable bonds is 4. The number of carbonyl (C=O) groups is 1. The molecule has 1 N–H and O–H groups in total. The van der Waals surface area contributed by atoms with Crippen molar-refractivity contribution in [1.82, 2.24) is 8.61 Å². The number of nitrogens with zero attached hydrogens (tertiary/aromatic N) is 2. The summed E-state index contributed by atoms with van der Waals surface area (Å²) in [5, 5.41) is 2.87. The fourth-order valence-corrected chi connectivity index (χ4v) is 3.67. The molecule has 1 amide bonds. The van der Waals surface area contributed by atoms with Crippen LogP contribution < -0.4 is 5.32 Å². The monoisotopic (exact) mass is 325 g/mol. The Morgan fingerprint density at radius 2 is 1.91 bits per heavy atom. The van der Waals surface area contributed by atoms with E-state index in [1.807, 2.05) is 31.2 Å². The average molecular weight is 325 g/mol. The molecule has 0 aliphatic carbocycles. The van der Waals surface area contributed by atoms with E-state index in [1.165, 1.54) is 22.7 Å². The Bertz CT molecular complexity index is 626. The topological polar surface area (TPSA) is 69.7 Å². The summed E-state index contributed by atoms with van der Waals surface area (Å²) in [4.78, 5) is 12.3. The average Bonchev–Trinajstić information content (AvgIpc) is 2.49. The summed E-state index contributed by atoms with van der Waals surface area (Å²) in [6.45, 7) is 2.68. The second-order valence-electron chi connectivity index (χ2n) is 5.84. The summed E-state index contributed by atoms with van der Waals surface area (Å²) in [5.74, 6) is -0.438. The molecule has 0 spiro atoms. The largest absolute Gasteiger partial charge is 0.326 e. The van der Waals surface area contributed by atoms with Gasteiger partial charge in [0.05, 0.1) is 5.92 Å². The third-order valence-electron chi connectivity index (χ3n) is 3.86. The van der Waals surface area contributed by atoms with Gasteiger partial charge < -0.3 is 5.32 Å². The quantitative estimate of drug-likeness (QED) is 0.911. The van der Waals surface area contributed by atoms with Crippen molar-refractivity contribution >= 4 is 21.8 Å². The number of amides is 1. The lowest BCUT2D eigenvalue weighted by Crippen LogP contribution is -2.47. The zero-order valence-corrected chi connectivity index (χ0v) is 14.1. The van der Waals surface area contributed by atoms with Gasteiger partial charge >= 0.3 is 0 Å². The zero-order chi connectivity index (χ0) is 16.3. The maximum atomic E-state index is 12.3. The van der Waals surface area contributed by atoms with Crippen LogP contribution in [-0.2, 0) is 15.0 Å². The number of hydrogen-bond donors (Lipinski definition) is 1. The number of nitrogens with one attached hydrogen (secondary N) is 1. The van der Waals surface area contributed by atoms with Crippen molar-refractivity contribution in [2.75, 3.05) is 32.5 Å². The Kier molecular flexibility index (Phi) is 5.20. The molecule has 1 atom stereocenters. The normalized spacial score (nSPS) is 20.1. The molecule has 0 aromatic heterocycles. The van der Waals surface area contributed by atoms with Gasteiger partial charge in [-0.1, -0.05) is 17.7 Å². The molecule has 1 fully saturated rings. The van der Waals surface area contributed by atoms with E-state index < -0.39 is 10.2 Å². The van der Waals surface area contributed by atoms with Crippen molar-refractivity contribution in [3.8, 4) is 0 Å². The lowest BCUT2D eigenvalue weighted by atomic mass is 9.98. The minimum Gasteiger partial charge on any atom is -0.326 e. The van der Waals surface area contributed by atoms with Gasteiger partial charge in [-0.05, 0) is 31.9 Å². The van der Waals surface area contributed by atoms with Gasteiger partial charge in [0.25, 0.3) is 10.2 Å². The minimum absolute atomic E-state index is 0.123. The molecule has 1 aromatic carbocycles. The van der Waals surface area contributed by atoms with Crippen molar-refractivity contribution in [1.29, 1.82) is 0 Å². The van der Waals surface area contributed by atoms with Crippen molar-refractivity contribution in [3.63, 3.8) is 0 Å². The smallest absolute Gasteiger partial charge is 0.281 e. The van der Waals surface area contributed by atoms with Gasteiger partial charge in [-0.25, -0.2) is 0 Å². The van der Waals surface area contributed by atoms with Crippen LogP contribution in [0.4, 0.5) is 5.69 Å². The summed E-state index contributed by atoms with van der Waals surface area (Å²) in [7, 11) is -0.448. The van der Waals surface area contributed by atoms with E-state index in [4.69, 9.17) is 0 Å². The first kappa shape index (κ1) is 16.9. The Hall–Kier alpha value is -1.44. The molecule has 122 valence electrons. The fourth-order valence-electron chi connectivity index (χ4n) is 2.48. The third kappa shape index (κ3) is 3.85. The summed E-state index contributed by atoms with van der Waals surface area (Å²) in [5.41, 5.74) is 1.86. The van der Waals surface area contributed by atoms with Crippen LogP contribution in [0.15, 0.2) is 24.3 Å². The molecule has 7 heteroatoms. The number of piperidine rings is 1. The highest BCUT2D eigenvalue weighted by Gasteiger charge is 2.33. The molecule has 0 unspecified atom stereocenters. The van der Waals surface area contributed by atoms with Gasteiger partial charge in [0, 0.05) is 32.9 Å². The van der Waals surface area contributed by atoms with Gasteiger partial charge in [0.1, 0.15) is 0 Å². The van der Waals surface area contributed by atoms with Gasteiger partial charge in [0.2, 0.25) is 5.91 Å². The number of aryl methyl sites for hydroxylation is 1. The molecule has 0 radical (unpaired) electrons. The van der Waals surface area contributed by atoms with Crippen molar-refractivity contribution in [2.24, 2.45) is 5.92 Å². The van der Waals surface area contributed by atoms with Gasteiger partial charge in [-0.15, -0.1) is 0 Å². The molecule has 1 heterocycles. The first-order valence-electron chi connectivity index (χ1n) is 7.36. The highest BCUT2D eigenvalue weighted by atomic mass is 32.2. The van der Waals surface area contributed by atoms with Crippen molar-refractivity contribution in [3.05, 3.63) is 29.8 Å². The number of carbonyl (C=O) groups excluding carboxylic acids is 1. The third-order valence-corrected chi connectivity index (χ3v) is 5.77. The molecular weight excluding hydrogens is 302 g/mol. The molecule has 1 aliphatic rings. The first-order chi connectivity index (χ1) is 10.3.